The second kappa shape index (κ2) is 8.50. The van der Waals surface area contributed by atoms with Crippen LogP contribution in [0.2, 0.25) is 0 Å². The molecule has 3 heterocycles. The number of anilines is 2. The van der Waals surface area contributed by atoms with E-state index in [4.69, 9.17) is 0 Å². The molecule has 0 saturated carbocycles. The monoisotopic (exact) mass is 503 g/mol. The normalized spacial score (nSPS) is 18.6. The number of carbonyl (C=O) groups is 2. The Labute approximate surface area is 183 Å². The summed E-state index contributed by atoms with van der Waals surface area (Å²) in [6.45, 7) is 7.32. The Morgan fingerprint density at radius 3 is 2.59 bits per heavy atom. The van der Waals surface area contributed by atoms with Gasteiger partial charge in [0.2, 0.25) is 0 Å². The second-order valence-corrected chi connectivity index (χ2v) is 8.25. The quantitative estimate of drug-likeness (QED) is 0.380. The molecule has 2 N–H and O–H groups in total. The minimum atomic E-state index is -0.407. The predicted molar refractivity (Wildman–Crippen MR) is 122 cm³/mol. The molecular formula is C21H22IN5O2. The van der Waals surface area contributed by atoms with Gasteiger partial charge in [0, 0.05) is 47.1 Å². The highest BCUT2D eigenvalue weighted by atomic mass is 127. The van der Waals surface area contributed by atoms with E-state index in [0.717, 1.165) is 47.8 Å². The average molecular weight is 503 g/mol. The summed E-state index contributed by atoms with van der Waals surface area (Å²) in [5.41, 5.74) is 2.34. The van der Waals surface area contributed by atoms with E-state index in [1.165, 1.54) is 0 Å². The molecule has 2 amide bonds. The third kappa shape index (κ3) is 4.27. The van der Waals surface area contributed by atoms with Crippen LogP contribution in [0.25, 0.3) is 5.57 Å². The Bertz CT molecular complexity index is 966. The standard InChI is InChI=1S/C21H22IN5O2/c1-2-26-7-9-27(10-8-26)19-6-4-15(12-24-19)23-13-18-17-11-14(22)3-5-16(17)20(28)25-21(18)29/h3-6,11-13,23H,2,7-10H2,1H3,(H,25,28,29). The van der Waals surface area contributed by atoms with Gasteiger partial charge >= 0.3 is 0 Å². The number of nitrogens with one attached hydrogen (secondary N) is 2. The zero-order valence-corrected chi connectivity index (χ0v) is 18.3. The van der Waals surface area contributed by atoms with Crippen LogP contribution in [0, 0.1) is 3.57 Å². The van der Waals surface area contributed by atoms with Crippen LogP contribution in [0.1, 0.15) is 22.8 Å². The highest BCUT2D eigenvalue weighted by Crippen LogP contribution is 2.26. The van der Waals surface area contributed by atoms with Crippen molar-refractivity contribution in [3.63, 3.8) is 0 Å². The molecule has 0 bridgehead atoms. The van der Waals surface area contributed by atoms with Crippen molar-refractivity contribution < 1.29 is 9.59 Å². The van der Waals surface area contributed by atoms with Gasteiger partial charge in [-0.1, -0.05) is 6.92 Å². The molecule has 2 aliphatic rings. The zero-order valence-electron chi connectivity index (χ0n) is 16.1. The van der Waals surface area contributed by atoms with Gasteiger partial charge in [0.15, 0.2) is 0 Å². The number of benzene rings is 1. The van der Waals surface area contributed by atoms with Gasteiger partial charge in [0.05, 0.1) is 17.5 Å². The Morgan fingerprint density at radius 2 is 1.90 bits per heavy atom. The number of piperazine rings is 1. The van der Waals surface area contributed by atoms with Crippen molar-refractivity contribution in [3.8, 4) is 0 Å². The van der Waals surface area contributed by atoms with Crippen molar-refractivity contribution in [2.24, 2.45) is 0 Å². The maximum Gasteiger partial charge on any atom is 0.260 e. The molecule has 0 spiro atoms. The van der Waals surface area contributed by atoms with Gasteiger partial charge in [0.1, 0.15) is 5.82 Å². The van der Waals surface area contributed by atoms with E-state index in [1.807, 2.05) is 24.3 Å². The van der Waals surface area contributed by atoms with Crippen molar-refractivity contribution in [1.29, 1.82) is 0 Å². The molecule has 2 aliphatic heterocycles. The fourth-order valence-electron chi connectivity index (χ4n) is 3.55. The molecule has 2 aromatic rings. The Morgan fingerprint density at radius 1 is 1.10 bits per heavy atom. The number of aromatic nitrogens is 1. The van der Waals surface area contributed by atoms with Crippen molar-refractivity contribution in [3.05, 3.63) is 57.4 Å². The Hall–Kier alpha value is -2.46. The molecular weight excluding hydrogens is 481 g/mol. The van der Waals surface area contributed by atoms with Crippen LogP contribution in [0.5, 0.6) is 0 Å². The average Bonchev–Trinajstić information content (AvgIpc) is 2.74. The molecule has 1 aromatic heterocycles. The lowest BCUT2D eigenvalue weighted by molar-refractivity contribution is -0.114. The van der Waals surface area contributed by atoms with Crippen LogP contribution < -0.4 is 15.5 Å². The zero-order chi connectivity index (χ0) is 20.4. The summed E-state index contributed by atoms with van der Waals surface area (Å²) in [5.74, 6) is 0.183. The highest BCUT2D eigenvalue weighted by molar-refractivity contribution is 14.1. The van der Waals surface area contributed by atoms with Crippen LogP contribution in [0.3, 0.4) is 0 Å². The van der Waals surface area contributed by atoms with E-state index in [0.29, 0.717) is 16.7 Å². The lowest BCUT2D eigenvalue weighted by Crippen LogP contribution is -2.46. The lowest BCUT2D eigenvalue weighted by Gasteiger charge is -2.34. The molecule has 1 fully saturated rings. The summed E-state index contributed by atoms with van der Waals surface area (Å²) in [6.07, 6.45) is 3.40. The third-order valence-electron chi connectivity index (χ3n) is 5.26. The number of fused-ring (bicyclic) bond motifs is 1. The van der Waals surface area contributed by atoms with Crippen molar-refractivity contribution in [2.75, 3.05) is 42.9 Å². The van der Waals surface area contributed by atoms with Crippen molar-refractivity contribution in [1.82, 2.24) is 15.2 Å². The first-order valence-corrected chi connectivity index (χ1v) is 10.7. The first-order valence-electron chi connectivity index (χ1n) is 9.61. The minimum absolute atomic E-state index is 0.368. The number of amides is 2. The van der Waals surface area contributed by atoms with E-state index in [-0.39, 0.29) is 5.91 Å². The molecule has 1 aromatic carbocycles. The number of nitrogens with zero attached hydrogens (tertiary/aromatic N) is 3. The van der Waals surface area contributed by atoms with Crippen LogP contribution in [-0.2, 0) is 4.79 Å². The Kier molecular flexibility index (Phi) is 5.81. The molecule has 7 nitrogen and oxygen atoms in total. The van der Waals surface area contributed by atoms with Gasteiger partial charge in [-0.05, 0) is 59.5 Å². The molecule has 0 unspecified atom stereocenters. The SMILES string of the molecule is CCN1CCN(c2ccc(NC=C3C(=O)NC(=O)c4ccc(I)cc43)cn2)CC1. The first-order chi connectivity index (χ1) is 14.0. The molecule has 29 heavy (non-hydrogen) atoms. The number of likely N-dealkylation sites (N-methyl/N-ethyl adjacent to an activating group) is 1. The van der Waals surface area contributed by atoms with Gasteiger partial charge in [-0.15, -0.1) is 0 Å². The number of rotatable bonds is 4. The van der Waals surface area contributed by atoms with Gasteiger partial charge in [-0.25, -0.2) is 4.98 Å². The van der Waals surface area contributed by atoms with E-state index < -0.39 is 5.91 Å². The number of halogens is 1. The summed E-state index contributed by atoms with van der Waals surface area (Å²) >= 11 is 2.17. The molecule has 0 aliphatic carbocycles. The van der Waals surface area contributed by atoms with Gasteiger partial charge in [-0.2, -0.15) is 0 Å². The summed E-state index contributed by atoms with van der Waals surface area (Å²) in [7, 11) is 0. The van der Waals surface area contributed by atoms with Crippen LogP contribution in [0.15, 0.2) is 42.7 Å². The molecule has 1 saturated heterocycles. The number of imide groups is 1. The smallest absolute Gasteiger partial charge is 0.260 e. The van der Waals surface area contributed by atoms with Crippen molar-refractivity contribution in [2.45, 2.75) is 6.92 Å². The van der Waals surface area contributed by atoms with E-state index in [9.17, 15) is 9.59 Å². The molecule has 0 radical (unpaired) electrons. The number of hydrogen-bond acceptors (Lipinski definition) is 6. The van der Waals surface area contributed by atoms with E-state index in [1.54, 1.807) is 18.5 Å². The van der Waals surface area contributed by atoms with Gasteiger partial charge < -0.3 is 15.1 Å². The van der Waals surface area contributed by atoms with Crippen LogP contribution in [-0.4, -0.2) is 54.4 Å². The maximum absolute atomic E-state index is 12.3. The molecule has 150 valence electrons. The predicted octanol–water partition coefficient (Wildman–Crippen LogP) is 2.55. The lowest BCUT2D eigenvalue weighted by atomic mass is 9.96. The van der Waals surface area contributed by atoms with Crippen LogP contribution >= 0.6 is 22.6 Å². The fraction of sp³-hybridized carbons (Fsp3) is 0.286. The van der Waals surface area contributed by atoms with Gasteiger partial charge in [-0.3, -0.25) is 14.9 Å². The van der Waals surface area contributed by atoms with Gasteiger partial charge in [0.25, 0.3) is 11.8 Å². The van der Waals surface area contributed by atoms with Crippen molar-refractivity contribution >= 4 is 51.5 Å². The summed E-state index contributed by atoms with van der Waals surface area (Å²) < 4.78 is 0.962. The largest absolute Gasteiger partial charge is 0.360 e. The fourth-order valence-corrected chi connectivity index (χ4v) is 4.04. The van der Waals surface area contributed by atoms with E-state index >= 15 is 0 Å². The summed E-state index contributed by atoms with van der Waals surface area (Å²) in [4.78, 5) is 33.7. The topological polar surface area (TPSA) is 77.6 Å². The first kappa shape index (κ1) is 19.8. The Balaban J connectivity index is 1.49. The third-order valence-corrected chi connectivity index (χ3v) is 5.93. The summed E-state index contributed by atoms with van der Waals surface area (Å²) in [6, 6.07) is 9.37. The number of hydrogen-bond donors (Lipinski definition) is 2. The second-order valence-electron chi connectivity index (χ2n) is 7.00. The number of pyridine rings is 1. The minimum Gasteiger partial charge on any atom is -0.360 e. The molecule has 4 rings (SSSR count). The van der Waals surface area contributed by atoms with Crippen LogP contribution in [0.4, 0.5) is 11.5 Å². The highest BCUT2D eigenvalue weighted by Gasteiger charge is 2.27. The number of carbonyl (C=O) groups excluding carboxylic acids is 2. The maximum atomic E-state index is 12.3. The summed E-state index contributed by atoms with van der Waals surface area (Å²) in [5, 5.41) is 5.53. The molecule has 0 atom stereocenters. The molecule has 8 heteroatoms. The van der Waals surface area contributed by atoms with E-state index in [2.05, 4.69) is 54.9 Å².